The van der Waals surface area contributed by atoms with Crippen LogP contribution in [0.15, 0.2) is 0 Å². The molecule has 1 saturated heterocycles. The number of carbonyl (C=O) groups is 2. The van der Waals surface area contributed by atoms with Gasteiger partial charge in [-0.15, -0.1) is 0 Å². The summed E-state index contributed by atoms with van der Waals surface area (Å²) in [5.41, 5.74) is 0.294. The molecule has 0 radical (unpaired) electrons. The fourth-order valence-corrected chi connectivity index (χ4v) is 8.17. The van der Waals surface area contributed by atoms with Gasteiger partial charge < -0.3 is 4.74 Å². The predicted molar refractivity (Wildman–Crippen MR) is 90.4 cm³/mol. The Morgan fingerprint density at radius 1 is 1.04 bits per heavy atom. The molecule has 1 spiro atoms. The van der Waals surface area contributed by atoms with E-state index in [1.807, 2.05) is 0 Å². The van der Waals surface area contributed by atoms with Crippen molar-refractivity contribution in [3.63, 3.8) is 0 Å². The van der Waals surface area contributed by atoms with Crippen molar-refractivity contribution in [2.75, 3.05) is 0 Å². The monoisotopic (exact) mass is 330 g/mol. The van der Waals surface area contributed by atoms with Crippen LogP contribution in [0.3, 0.4) is 0 Å². The summed E-state index contributed by atoms with van der Waals surface area (Å²) in [6, 6.07) is 0. The average Bonchev–Trinajstić information content (AvgIpc) is 3.17. The third-order valence-corrected chi connectivity index (χ3v) is 9.44. The normalized spacial score (nSPS) is 58.3. The lowest BCUT2D eigenvalue weighted by Gasteiger charge is -2.59. The van der Waals surface area contributed by atoms with E-state index in [1.165, 1.54) is 25.7 Å². The molecule has 0 aromatic rings. The van der Waals surface area contributed by atoms with Gasteiger partial charge in [-0.2, -0.15) is 0 Å². The number of hydrogen-bond donors (Lipinski definition) is 0. The van der Waals surface area contributed by atoms with Crippen molar-refractivity contribution >= 4 is 11.6 Å². The van der Waals surface area contributed by atoms with E-state index in [4.69, 9.17) is 4.74 Å². The lowest BCUT2D eigenvalue weighted by Crippen LogP contribution is -2.58. The fourth-order valence-electron chi connectivity index (χ4n) is 8.17. The highest BCUT2D eigenvalue weighted by molar-refractivity contribution is 5.88. The Labute approximate surface area is 144 Å². The Balaban J connectivity index is 1.49. The molecule has 5 aliphatic rings. The van der Waals surface area contributed by atoms with Crippen LogP contribution in [0.25, 0.3) is 0 Å². The Hall–Kier alpha value is -0.700. The summed E-state index contributed by atoms with van der Waals surface area (Å²) in [5.74, 6) is 3.17. The maximum atomic E-state index is 12.2. The lowest BCUT2D eigenvalue weighted by atomic mass is 9.44. The van der Waals surface area contributed by atoms with Gasteiger partial charge in [0.25, 0.3) is 0 Å². The molecule has 4 aliphatic carbocycles. The van der Waals surface area contributed by atoms with Gasteiger partial charge in [-0.3, -0.25) is 9.59 Å². The molecule has 3 heteroatoms. The third kappa shape index (κ3) is 1.59. The summed E-state index contributed by atoms with van der Waals surface area (Å²) in [6.45, 7) is 6.63. The van der Waals surface area contributed by atoms with E-state index in [-0.39, 0.29) is 28.5 Å². The molecule has 5 fully saturated rings. The number of ketones is 2. The van der Waals surface area contributed by atoms with Crippen molar-refractivity contribution < 1.29 is 14.3 Å². The van der Waals surface area contributed by atoms with Gasteiger partial charge in [0.15, 0.2) is 5.78 Å². The van der Waals surface area contributed by atoms with Gasteiger partial charge in [-0.05, 0) is 75.0 Å². The highest BCUT2D eigenvalue weighted by Gasteiger charge is 2.76. The number of rotatable bonds is 1. The maximum absolute atomic E-state index is 12.2. The van der Waals surface area contributed by atoms with Crippen LogP contribution in [0.4, 0.5) is 0 Å². The van der Waals surface area contributed by atoms with E-state index in [1.54, 1.807) is 6.92 Å². The van der Waals surface area contributed by atoms with Crippen molar-refractivity contribution in [3.8, 4) is 0 Å². The van der Waals surface area contributed by atoms with Gasteiger partial charge in [0, 0.05) is 17.8 Å². The SMILES string of the molecule is CC(=O)[C@H]1CC[C@H]2[C@@H]3CC[C@@]45O[C@@H]4C(=O)CC[C@]5(C)[C@H]3CC[C@]12C. The van der Waals surface area contributed by atoms with Crippen LogP contribution in [-0.4, -0.2) is 23.3 Å². The average molecular weight is 330 g/mol. The number of Topliss-reactive ketones (excluding diaryl/α,β-unsaturated/α-hetero) is 2. The molecule has 0 aromatic carbocycles. The highest BCUT2D eigenvalue weighted by atomic mass is 16.6. The smallest absolute Gasteiger partial charge is 0.164 e. The molecular weight excluding hydrogens is 300 g/mol. The Bertz CT molecular complexity index is 627. The molecule has 3 nitrogen and oxygen atoms in total. The molecule has 1 aliphatic heterocycles. The van der Waals surface area contributed by atoms with Gasteiger partial charge in [-0.25, -0.2) is 0 Å². The molecule has 5 rings (SSSR count). The van der Waals surface area contributed by atoms with E-state index >= 15 is 0 Å². The van der Waals surface area contributed by atoms with Crippen molar-refractivity contribution in [3.05, 3.63) is 0 Å². The van der Waals surface area contributed by atoms with Crippen LogP contribution in [-0.2, 0) is 14.3 Å². The largest absolute Gasteiger partial charge is 0.357 e. The Kier molecular flexibility index (Phi) is 2.93. The molecule has 8 atom stereocenters. The summed E-state index contributed by atoms with van der Waals surface area (Å²) >= 11 is 0. The van der Waals surface area contributed by atoms with Crippen LogP contribution in [0.5, 0.6) is 0 Å². The molecule has 0 unspecified atom stereocenters. The van der Waals surface area contributed by atoms with E-state index < -0.39 is 0 Å². The second-order valence-electron chi connectivity index (χ2n) is 9.97. The number of hydrogen-bond acceptors (Lipinski definition) is 3. The second kappa shape index (κ2) is 4.52. The standard InChI is InChI=1S/C21H30O3/c1-12(22)14-4-5-15-13-6-11-21-18(24-21)17(23)8-10-20(21,3)16(13)7-9-19(14,15)2/h13-16,18H,4-11H2,1-3H3/t13-,14+,15-,16-,18+,19+,20+,21+/m0/s1. The van der Waals surface area contributed by atoms with Gasteiger partial charge in [-0.1, -0.05) is 13.8 Å². The molecule has 0 aromatic heterocycles. The minimum absolute atomic E-state index is 0.0842. The maximum Gasteiger partial charge on any atom is 0.164 e. The van der Waals surface area contributed by atoms with Gasteiger partial charge in [0.1, 0.15) is 17.5 Å². The first kappa shape index (κ1) is 15.5. The Morgan fingerprint density at radius 3 is 2.58 bits per heavy atom. The first-order valence-corrected chi connectivity index (χ1v) is 10.0. The van der Waals surface area contributed by atoms with Gasteiger partial charge >= 0.3 is 0 Å². The summed E-state index contributed by atoms with van der Waals surface area (Å²) in [7, 11) is 0. The van der Waals surface area contributed by atoms with Crippen LogP contribution >= 0.6 is 0 Å². The molecule has 4 saturated carbocycles. The molecule has 0 amide bonds. The number of ether oxygens (including phenoxy) is 1. The molecule has 1 heterocycles. The highest BCUT2D eigenvalue weighted by Crippen LogP contribution is 2.72. The summed E-state index contributed by atoms with van der Waals surface area (Å²) in [4.78, 5) is 24.4. The lowest BCUT2D eigenvalue weighted by molar-refractivity contribution is -0.137. The molecule has 0 N–H and O–H groups in total. The predicted octanol–water partition coefficient (Wildman–Crippen LogP) is 3.93. The number of fused-ring (bicyclic) bond motifs is 4. The van der Waals surface area contributed by atoms with Crippen molar-refractivity contribution in [1.82, 2.24) is 0 Å². The third-order valence-electron chi connectivity index (χ3n) is 9.44. The molecule has 0 bridgehead atoms. The van der Waals surface area contributed by atoms with Gasteiger partial charge in [0.2, 0.25) is 0 Å². The second-order valence-corrected chi connectivity index (χ2v) is 9.97. The quantitative estimate of drug-likeness (QED) is 0.684. The van der Waals surface area contributed by atoms with Crippen molar-refractivity contribution in [2.24, 2.45) is 34.5 Å². The first-order valence-electron chi connectivity index (χ1n) is 10.0. The van der Waals surface area contributed by atoms with Gasteiger partial charge in [0.05, 0.1) is 0 Å². The zero-order valence-corrected chi connectivity index (χ0v) is 15.3. The fraction of sp³-hybridized carbons (Fsp3) is 0.905. The minimum Gasteiger partial charge on any atom is -0.357 e. The molecule has 24 heavy (non-hydrogen) atoms. The zero-order valence-electron chi connectivity index (χ0n) is 15.3. The summed E-state index contributed by atoms with van der Waals surface area (Å²) in [5, 5.41) is 0. The van der Waals surface area contributed by atoms with Crippen LogP contribution < -0.4 is 0 Å². The van der Waals surface area contributed by atoms with Crippen LogP contribution in [0, 0.1) is 34.5 Å². The number of epoxide rings is 1. The van der Waals surface area contributed by atoms with E-state index in [0.29, 0.717) is 29.8 Å². The summed E-state index contributed by atoms with van der Waals surface area (Å²) < 4.78 is 6.13. The first-order chi connectivity index (χ1) is 11.3. The van der Waals surface area contributed by atoms with E-state index in [2.05, 4.69) is 13.8 Å². The summed E-state index contributed by atoms with van der Waals surface area (Å²) in [6.07, 6.45) is 8.66. The molecule has 132 valence electrons. The van der Waals surface area contributed by atoms with E-state index in [9.17, 15) is 9.59 Å². The van der Waals surface area contributed by atoms with Crippen molar-refractivity contribution in [2.45, 2.75) is 83.8 Å². The van der Waals surface area contributed by atoms with Crippen LogP contribution in [0.2, 0.25) is 0 Å². The topological polar surface area (TPSA) is 46.7 Å². The van der Waals surface area contributed by atoms with E-state index in [0.717, 1.165) is 25.2 Å². The molecular formula is C21H30O3. The Morgan fingerprint density at radius 2 is 1.83 bits per heavy atom. The van der Waals surface area contributed by atoms with Crippen LogP contribution in [0.1, 0.15) is 72.1 Å². The van der Waals surface area contributed by atoms with Crippen molar-refractivity contribution in [1.29, 1.82) is 0 Å². The zero-order chi connectivity index (χ0) is 16.9. The minimum atomic E-state index is -0.115. The number of carbonyl (C=O) groups excluding carboxylic acids is 2.